The molecule has 0 unspecified atom stereocenters. The van der Waals surface area contributed by atoms with Crippen molar-refractivity contribution >= 4 is 14.0 Å². The average molecular weight is 327 g/mol. The van der Waals surface area contributed by atoms with Crippen molar-refractivity contribution in [3.63, 3.8) is 0 Å². The van der Waals surface area contributed by atoms with Crippen LogP contribution < -0.4 is 4.74 Å². The molecular weight excluding hydrogens is 302 g/mol. The molecule has 0 bridgehead atoms. The molecule has 1 rings (SSSR count). The van der Waals surface area contributed by atoms with Crippen molar-refractivity contribution in [1.82, 2.24) is 0 Å². The van der Waals surface area contributed by atoms with Gasteiger partial charge in [0.25, 0.3) is 5.69 Å². The molecular formula is C15H25NO5Si. The monoisotopic (exact) mass is 327 g/mol. The summed E-state index contributed by atoms with van der Waals surface area (Å²) < 4.78 is 11.5. The van der Waals surface area contributed by atoms with Gasteiger partial charge in [-0.3, -0.25) is 10.1 Å². The van der Waals surface area contributed by atoms with Gasteiger partial charge in [-0.15, -0.1) is 0 Å². The molecule has 1 N–H and O–H groups in total. The van der Waals surface area contributed by atoms with Crippen LogP contribution in [0.3, 0.4) is 0 Å². The van der Waals surface area contributed by atoms with Gasteiger partial charge in [-0.25, -0.2) is 0 Å². The van der Waals surface area contributed by atoms with Gasteiger partial charge in [-0.1, -0.05) is 20.8 Å². The van der Waals surface area contributed by atoms with E-state index in [-0.39, 0.29) is 17.3 Å². The van der Waals surface area contributed by atoms with Crippen molar-refractivity contribution in [2.45, 2.75) is 45.5 Å². The van der Waals surface area contributed by atoms with Crippen LogP contribution in [0.5, 0.6) is 5.75 Å². The number of nitro benzene ring substituents is 1. The Morgan fingerprint density at radius 3 is 2.41 bits per heavy atom. The Morgan fingerprint density at radius 2 is 1.91 bits per heavy atom. The van der Waals surface area contributed by atoms with Crippen molar-refractivity contribution in [2.75, 3.05) is 13.2 Å². The van der Waals surface area contributed by atoms with Gasteiger partial charge >= 0.3 is 0 Å². The highest BCUT2D eigenvalue weighted by molar-refractivity contribution is 6.74. The van der Waals surface area contributed by atoms with Crippen molar-refractivity contribution in [3.05, 3.63) is 33.9 Å². The Hall–Kier alpha value is -1.44. The van der Waals surface area contributed by atoms with Crippen LogP contribution in [0.2, 0.25) is 18.1 Å². The maximum absolute atomic E-state index is 10.8. The fraction of sp³-hybridized carbons (Fsp3) is 0.600. The van der Waals surface area contributed by atoms with Crippen LogP contribution >= 0.6 is 0 Å². The van der Waals surface area contributed by atoms with Crippen LogP contribution in [0.25, 0.3) is 0 Å². The zero-order valence-corrected chi connectivity index (χ0v) is 14.9. The quantitative estimate of drug-likeness (QED) is 0.359. The van der Waals surface area contributed by atoms with Gasteiger partial charge in [0.05, 0.1) is 24.2 Å². The molecule has 0 saturated carbocycles. The van der Waals surface area contributed by atoms with E-state index >= 15 is 0 Å². The van der Waals surface area contributed by atoms with E-state index < -0.39 is 13.2 Å². The lowest BCUT2D eigenvalue weighted by Gasteiger charge is -2.36. The van der Waals surface area contributed by atoms with Gasteiger partial charge in [0.2, 0.25) is 0 Å². The molecule has 0 saturated heterocycles. The second-order valence-corrected chi connectivity index (χ2v) is 11.5. The number of nitro groups is 1. The second kappa shape index (κ2) is 7.21. The van der Waals surface area contributed by atoms with Gasteiger partial charge in [0.15, 0.2) is 8.32 Å². The van der Waals surface area contributed by atoms with Gasteiger partial charge in [-0.05, 0) is 24.2 Å². The Bertz CT molecular complexity index is 525. The number of aliphatic hydroxyl groups excluding tert-OH is 1. The fourth-order valence-corrected chi connectivity index (χ4v) is 2.61. The first-order chi connectivity index (χ1) is 10.1. The van der Waals surface area contributed by atoms with E-state index in [1.165, 1.54) is 18.2 Å². The first-order valence-corrected chi connectivity index (χ1v) is 10.1. The van der Waals surface area contributed by atoms with Gasteiger partial charge in [0, 0.05) is 11.6 Å². The Morgan fingerprint density at radius 1 is 1.27 bits per heavy atom. The summed E-state index contributed by atoms with van der Waals surface area (Å²) in [6.07, 6.45) is 0. The molecule has 1 aromatic rings. The molecule has 0 fully saturated rings. The van der Waals surface area contributed by atoms with Gasteiger partial charge < -0.3 is 14.3 Å². The average Bonchev–Trinajstić information content (AvgIpc) is 2.42. The summed E-state index contributed by atoms with van der Waals surface area (Å²) in [5.74, 6) is 0.329. The normalized spacial score (nSPS) is 12.3. The number of aliphatic hydroxyl groups is 1. The van der Waals surface area contributed by atoms with Gasteiger partial charge in [0.1, 0.15) is 12.4 Å². The molecule has 0 aliphatic carbocycles. The predicted molar refractivity (Wildman–Crippen MR) is 87.7 cm³/mol. The number of hydrogen-bond acceptors (Lipinski definition) is 5. The number of rotatable bonds is 7. The van der Waals surface area contributed by atoms with E-state index in [4.69, 9.17) is 9.16 Å². The minimum atomic E-state index is -1.83. The van der Waals surface area contributed by atoms with Gasteiger partial charge in [-0.2, -0.15) is 0 Å². The third-order valence-corrected chi connectivity index (χ3v) is 8.58. The molecule has 1 aromatic carbocycles. The lowest BCUT2D eigenvalue weighted by Crippen LogP contribution is -2.41. The topological polar surface area (TPSA) is 81.8 Å². The zero-order chi connectivity index (χ0) is 17.0. The largest absolute Gasteiger partial charge is 0.491 e. The van der Waals surface area contributed by atoms with E-state index in [0.717, 1.165) is 0 Å². The summed E-state index contributed by atoms with van der Waals surface area (Å²) in [6, 6.07) is 4.19. The van der Waals surface area contributed by atoms with Crippen LogP contribution in [0, 0.1) is 10.1 Å². The standard InChI is InChI=1S/C15H25NO5Si/c1-15(2,3)22(4,5)21-9-8-20-14-10-13(16(18)19)7-6-12(14)11-17/h6-7,10,17H,8-9,11H2,1-5H3. The number of benzene rings is 1. The highest BCUT2D eigenvalue weighted by atomic mass is 28.4. The third kappa shape index (κ3) is 4.79. The molecule has 0 atom stereocenters. The summed E-state index contributed by atoms with van der Waals surface area (Å²) >= 11 is 0. The van der Waals surface area contributed by atoms with E-state index in [1.807, 2.05) is 0 Å². The minimum absolute atomic E-state index is 0.0579. The van der Waals surface area contributed by atoms with E-state index in [9.17, 15) is 15.2 Å². The minimum Gasteiger partial charge on any atom is -0.491 e. The SMILES string of the molecule is CC(C)(C)[Si](C)(C)OCCOc1cc([N+](=O)[O-])ccc1CO. The van der Waals surface area contributed by atoms with Crippen LogP contribution in [0.4, 0.5) is 5.69 Å². The summed E-state index contributed by atoms with van der Waals surface area (Å²) in [7, 11) is -1.83. The molecule has 0 heterocycles. The summed E-state index contributed by atoms with van der Waals surface area (Å²) in [4.78, 5) is 10.3. The molecule has 6 nitrogen and oxygen atoms in total. The third-order valence-electron chi connectivity index (χ3n) is 4.04. The Kier molecular flexibility index (Phi) is 6.10. The predicted octanol–water partition coefficient (Wildman–Crippen LogP) is 3.49. The molecule has 124 valence electrons. The van der Waals surface area contributed by atoms with Crippen molar-refractivity contribution in [3.8, 4) is 5.75 Å². The molecule has 0 aromatic heterocycles. The molecule has 0 radical (unpaired) electrons. The molecule has 0 amide bonds. The first-order valence-electron chi connectivity index (χ1n) is 7.23. The fourth-order valence-electron chi connectivity index (χ4n) is 1.59. The van der Waals surface area contributed by atoms with Crippen molar-refractivity contribution in [1.29, 1.82) is 0 Å². The number of non-ortho nitro benzene ring substituents is 1. The van der Waals surface area contributed by atoms with Crippen LogP contribution in [-0.4, -0.2) is 31.6 Å². The zero-order valence-electron chi connectivity index (χ0n) is 13.9. The van der Waals surface area contributed by atoms with Crippen molar-refractivity contribution in [2.24, 2.45) is 0 Å². The Labute approximate surface area is 132 Å². The van der Waals surface area contributed by atoms with Crippen LogP contribution in [0.1, 0.15) is 26.3 Å². The number of hydrogen-bond donors (Lipinski definition) is 1. The summed E-state index contributed by atoms with van der Waals surface area (Å²) in [5, 5.41) is 20.2. The van der Waals surface area contributed by atoms with E-state index in [2.05, 4.69) is 33.9 Å². The smallest absolute Gasteiger partial charge is 0.273 e. The number of nitrogens with zero attached hydrogens (tertiary/aromatic N) is 1. The van der Waals surface area contributed by atoms with Crippen LogP contribution in [-0.2, 0) is 11.0 Å². The maximum Gasteiger partial charge on any atom is 0.273 e. The number of ether oxygens (including phenoxy) is 1. The summed E-state index contributed by atoms with van der Waals surface area (Å²) in [6.45, 7) is 11.3. The molecule has 7 heteroatoms. The lowest BCUT2D eigenvalue weighted by molar-refractivity contribution is -0.385. The molecule has 0 aliphatic rings. The van der Waals surface area contributed by atoms with Crippen LogP contribution in [0.15, 0.2) is 18.2 Å². The van der Waals surface area contributed by atoms with E-state index in [0.29, 0.717) is 24.5 Å². The maximum atomic E-state index is 10.8. The Balaban J connectivity index is 2.65. The lowest BCUT2D eigenvalue weighted by atomic mass is 10.2. The van der Waals surface area contributed by atoms with E-state index in [1.54, 1.807) is 0 Å². The molecule has 22 heavy (non-hydrogen) atoms. The highest BCUT2D eigenvalue weighted by Gasteiger charge is 2.36. The highest BCUT2D eigenvalue weighted by Crippen LogP contribution is 2.36. The molecule has 0 spiro atoms. The first kappa shape index (κ1) is 18.6. The molecule has 0 aliphatic heterocycles. The van der Waals surface area contributed by atoms with Crippen molar-refractivity contribution < 1.29 is 19.2 Å². The summed E-state index contributed by atoms with van der Waals surface area (Å²) in [5.41, 5.74) is 0.468. The second-order valence-electron chi connectivity index (χ2n) is 6.66.